The van der Waals surface area contributed by atoms with Gasteiger partial charge in [-0.3, -0.25) is 4.68 Å². The molecule has 5 heteroatoms. The van der Waals surface area contributed by atoms with Crippen LogP contribution in [0.1, 0.15) is 18.2 Å². The summed E-state index contributed by atoms with van der Waals surface area (Å²) in [4.78, 5) is 0. The largest absolute Gasteiger partial charge is 0.488 e. The summed E-state index contributed by atoms with van der Waals surface area (Å²) in [6.07, 6.45) is 2.55. The third kappa shape index (κ3) is 2.67. The normalized spacial score (nSPS) is 17.0. The number of hydrogen-bond acceptors (Lipinski definition) is 3. The molecule has 1 unspecified atom stereocenters. The number of ether oxygens (including phenoxy) is 1. The number of fused-ring (bicyclic) bond motifs is 1. The molecule has 0 bridgehead atoms. The van der Waals surface area contributed by atoms with Crippen molar-refractivity contribution in [2.75, 3.05) is 6.54 Å². The lowest BCUT2D eigenvalue weighted by Crippen LogP contribution is -2.24. The number of nitrogens with one attached hydrogen (secondary N) is 1. The Bertz CT molecular complexity index is 597. The van der Waals surface area contributed by atoms with Gasteiger partial charge in [0.2, 0.25) is 0 Å². The fraction of sp³-hybridized carbons (Fsp3) is 0.400. The van der Waals surface area contributed by atoms with E-state index in [1.165, 1.54) is 6.07 Å². The van der Waals surface area contributed by atoms with Crippen molar-refractivity contribution in [3.05, 3.63) is 47.5 Å². The molecule has 0 fully saturated rings. The first kappa shape index (κ1) is 13.1. The van der Waals surface area contributed by atoms with Gasteiger partial charge in [0.15, 0.2) is 0 Å². The number of aromatic nitrogens is 2. The molecule has 0 radical (unpaired) electrons. The van der Waals surface area contributed by atoms with E-state index in [9.17, 15) is 4.39 Å². The fourth-order valence-electron chi connectivity index (χ4n) is 2.51. The Morgan fingerprint density at radius 3 is 3.20 bits per heavy atom. The van der Waals surface area contributed by atoms with E-state index in [1.807, 2.05) is 10.7 Å². The van der Waals surface area contributed by atoms with E-state index in [0.29, 0.717) is 6.54 Å². The van der Waals surface area contributed by atoms with Gasteiger partial charge in [-0.1, -0.05) is 6.92 Å². The van der Waals surface area contributed by atoms with Gasteiger partial charge in [0.25, 0.3) is 0 Å². The predicted molar refractivity (Wildman–Crippen MR) is 74.1 cm³/mol. The summed E-state index contributed by atoms with van der Waals surface area (Å²) in [5, 5.41) is 7.62. The minimum Gasteiger partial charge on any atom is -0.488 e. The zero-order valence-corrected chi connectivity index (χ0v) is 11.5. The van der Waals surface area contributed by atoms with E-state index in [-0.39, 0.29) is 11.9 Å². The summed E-state index contributed by atoms with van der Waals surface area (Å²) in [6, 6.07) is 6.70. The summed E-state index contributed by atoms with van der Waals surface area (Å²) in [6.45, 7) is 4.48. The van der Waals surface area contributed by atoms with Crippen LogP contribution >= 0.6 is 0 Å². The smallest absolute Gasteiger partial charge is 0.123 e. The van der Waals surface area contributed by atoms with E-state index < -0.39 is 0 Å². The predicted octanol–water partition coefficient (Wildman–Crippen LogP) is 2.14. The van der Waals surface area contributed by atoms with Gasteiger partial charge in [-0.25, -0.2) is 4.39 Å². The third-order valence-electron chi connectivity index (χ3n) is 3.50. The topological polar surface area (TPSA) is 39.1 Å². The van der Waals surface area contributed by atoms with Crippen LogP contribution in [0.25, 0.3) is 0 Å². The average molecular weight is 275 g/mol. The van der Waals surface area contributed by atoms with Crippen LogP contribution in [-0.2, 0) is 19.5 Å². The Morgan fingerprint density at radius 1 is 1.45 bits per heavy atom. The van der Waals surface area contributed by atoms with Crippen molar-refractivity contribution in [3.63, 3.8) is 0 Å². The van der Waals surface area contributed by atoms with Crippen molar-refractivity contribution in [1.29, 1.82) is 0 Å². The highest BCUT2D eigenvalue weighted by atomic mass is 19.1. The van der Waals surface area contributed by atoms with Crippen LogP contribution < -0.4 is 10.1 Å². The van der Waals surface area contributed by atoms with Gasteiger partial charge in [0, 0.05) is 24.7 Å². The number of halogens is 1. The average Bonchev–Trinajstić information content (AvgIpc) is 3.02. The maximum atomic E-state index is 13.2. The Kier molecular flexibility index (Phi) is 3.69. The SMILES string of the molecule is CCNCc1ccnn1CC1Cc2cc(F)ccc2O1. The molecule has 2 aromatic rings. The van der Waals surface area contributed by atoms with Crippen LogP contribution in [0.5, 0.6) is 5.75 Å². The van der Waals surface area contributed by atoms with Gasteiger partial charge in [-0.05, 0) is 30.8 Å². The molecule has 0 amide bonds. The fourth-order valence-corrected chi connectivity index (χ4v) is 2.51. The molecule has 1 aromatic carbocycles. The Labute approximate surface area is 117 Å². The van der Waals surface area contributed by atoms with Crippen LogP contribution in [0.3, 0.4) is 0 Å². The molecule has 20 heavy (non-hydrogen) atoms. The van der Waals surface area contributed by atoms with Crippen molar-refractivity contribution in [2.45, 2.75) is 32.5 Å². The molecule has 4 nitrogen and oxygen atoms in total. The molecule has 2 heterocycles. The highest BCUT2D eigenvalue weighted by molar-refractivity contribution is 5.37. The molecular weight excluding hydrogens is 257 g/mol. The van der Waals surface area contributed by atoms with Crippen molar-refractivity contribution < 1.29 is 9.13 Å². The molecule has 1 N–H and O–H groups in total. The number of benzene rings is 1. The molecule has 0 aliphatic carbocycles. The molecule has 1 atom stereocenters. The quantitative estimate of drug-likeness (QED) is 0.908. The minimum absolute atomic E-state index is 0.0204. The zero-order valence-electron chi connectivity index (χ0n) is 11.5. The molecule has 106 valence electrons. The second-order valence-corrected chi connectivity index (χ2v) is 4.98. The molecule has 3 rings (SSSR count). The third-order valence-corrected chi connectivity index (χ3v) is 3.50. The van der Waals surface area contributed by atoms with Crippen LogP contribution in [-0.4, -0.2) is 22.4 Å². The van der Waals surface area contributed by atoms with Gasteiger partial charge < -0.3 is 10.1 Å². The monoisotopic (exact) mass is 275 g/mol. The number of nitrogens with zero attached hydrogens (tertiary/aromatic N) is 2. The van der Waals surface area contributed by atoms with E-state index in [1.54, 1.807) is 18.3 Å². The van der Waals surface area contributed by atoms with Crippen molar-refractivity contribution in [1.82, 2.24) is 15.1 Å². The first-order valence-electron chi connectivity index (χ1n) is 6.92. The van der Waals surface area contributed by atoms with Crippen LogP contribution in [0.2, 0.25) is 0 Å². The van der Waals surface area contributed by atoms with Gasteiger partial charge in [0.05, 0.1) is 12.2 Å². The van der Waals surface area contributed by atoms with Crippen LogP contribution in [0, 0.1) is 5.82 Å². The highest BCUT2D eigenvalue weighted by Gasteiger charge is 2.24. The summed E-state index contributed by atoms with van der Waals surface area (Å²) >= 11 is 0. The zero-order chi connectivity index (χ0) is 13.9. The summed E-state index contributed by atoms with van der Waals surface area (Å²) < 4.78 is 21.0. The number of rotatable bonds is 5. The van der Waals surface area contributed by atoms with Crippen molar-refractivity contribution in [2.24, 2.45) is 0 Å². The lowest BCUT2D eigenvalue weighted by Gasteiger charge is -2.13. The molecule has 0 saturated carbocycles. The Morgan fingerprint density at radius 2 is 2.35 bits per heavy atom. The Balaban J connectivity index is 1.67. The van der Waals surface area contributed by atoms with Crippen molar-refractivity contribution >= 4 is 0 Å². The second-order valence-electron chi connectivity index (χ2n) is 4.98. The maximum absolute atomic E-state index is 13.2. The molecule has 1 aliphatic heterocycles. The van der Waals surface area contributed by atoms with E-state index in [2.05, 4.69) is 17.3 Å². The second kappa shape index (κ2) is 5.63. The summed E-state index contributed by atoms with van der Waals surface area (Å²) in [5.74, 6) is 0.580. The van der Waals surface area contributed by atoms with E-state index in [4.69, 9.17) is 4.74 Å². The minimum atomic E-state index is -0.208. The van der Waals surface area contributed by atoms with Crippen molar-refractivity contribution in [3.8, 4) is 5.75 Å². The van der Waals surface area contributed by atoms with E-state index in [0.717, 1.165) is 36.5 Å². The van der Waals surface area contributed by atoms with Gasteiger partial charge >= 0.3 is 0 Å². The standard InChI is InChI=1S/C15H18FN3O/c1-2-17-9-13-5-6-18-19(13)10-14-8-11-7-12(16)3-4-15(11)20-14/h3-7,14,17H,2,8-10H2,1H3. The molecular formula is C15H18FN3O. The Hall–Kier alpha value is -1.88. The van der Waals surface area contributed by atoms with Gasteiger partial charge in [-0.15, -0.1) is 0 Å². The lowest BCUT2D eigenvalue weighted by atomic mass is 10.1. The first-order valence-corrected chi connectivity index (χ1v) is 6.92. The van der Waals surface area contributed by atoms with Gasteiger partial charge in [0.1, 0.15) is 17.7 Å². The maximum Gasteiger partial charge on any atom is 0.123 e. The van der Waals surface area contributed by atoms with Crippen LogP contribution in [0.4, 0.5) is 4.39 Å². The van der Waals surface area contributed by atoms with E-state index >= 15 is 0 Å². The lowest BCUT2D eigenvalue weighted by molar-refractivity contribution is 0.201. The first-order chi connectivity index (χ1) is 9.76. The summed E-state index contributed by atoms with van der Waals surface area (Å²) in [7, 11) is 0. The molecule has 0 saturated heterocycles. The highest BCUT2D eigenvalue weighted by Crippen LogP contribution is 2.29. The van der Waals surface area contributed by atoms with Gasteiger partial charge in [-0.2, -0.15) is 5.10 Å². The molecule has 1 aromatic heterocycles. The molecule has 0 spiro atoms. The molecule has 1 aliphatic rings. The van der Waals surface area contributed by atoms with Crippen LogP contribution in [0.15, 0.2) is 30.5 Å². The number of hydrogen-bond donors (Lipinski definition) is 1. The summed E-state index contributed by atoms with van der Waals surface area (Å²) in [5.41, 5.74) is 2.08.